The third kappa shape index (κ3) is 5.89. The molecular formula is C30H31ClF2N6O3. The number of pyridine rings is 2. The second-order valence-corrected chi connectivity index (χ2v) is 11.3. The maximum absolute atomic E-state index is 13.7. The molecule has 1 aliphatic carbocycles. The van der Waals surface area contributed by atoms with Gasteiger partial charge in [0.1, 0.15) is 11.5 Å². The van der Waals surface area contributed by atoms with Crippen molar-refractivity contribution in [2.24, 2.45) is 5.92 Å². The van der Waals surface area contributed by atoms with E-state index in [1.54, 1.807) is 10.8 Å². The smallest absolute Gasteiger partial charge is 0.333 e. The first-order valence-corrected chi connectivity index (χ1v) is 14.5. The Hall–Kier alpha value is -3.83. The Morgan fingerprint density at radius 1 is 1.02 bits per heavy atom. The number of carbonyl (C=O) groups is 1. The Labute approximate surface area is 245 Å². The van der Waals surface area contributed by atoms with Gasteiger partial charge in [0.2, 0.25) is 0 Å². The van der Waals surface area contributed by atoms with Gasteiger partial charge in [-0.2, -0.15) is 0 Å². The van der Waals surface area contributed by atoms with Crippen molar-refractivity contribution in [3.63, 3.8) is 0 Å². The number of rotatable bonds is 8. The molecule has 0 spiro atoms. The molecule has 6 rings (SSSR count). The highest BCUT2D eigenvalue weighted by Crippen LogP contribution is 2.29. The fraction of sp³-hybridized carbons (Fsp3) is 0.400. The molecule has 0 radical (unpaired) electrons. The van der Waals surface area contributed by atoms with Crippen LogP contribution in [0, 0.1) is 5.92 Å². The Balaban J connectivity index is 1.14. The fourth-order valence-corrected chi connectivity index (χ4v) is 6.07. The van der Waals surface area contributed by atoms with Crippen molar-refractivity contribution >= 4 is 34.4 Å². The molecule has 0 unspecified atom stereocenters. The zero-order valence-electron chi connectivity index (χ0n) is 22.8. The molecule has 1 aliphatic heterocycles. The second kappa shape index (κ2) is 12.2. The van der Waals surface area contributed by atoms with Crippen LogP contribution >= 0.6 is 11.6 Å². The van der Waals surface area contributed by atoms with Crippen LogP contribution in [0.5, 0.6) is 0 Å². The highest BCUT2D eigenvalue weighted by Gasteiger charge is 2.27. The first kappa shape index (κ1) is 28.3. The minimum Gasteiger partial charge on any atom is -0.379 e. The SMILES string of the molecule is O=C(N[C@H]1CC[C@H](Cn2c(=O)n(-c3ccc(N[C@@H]4CCOC4)nc3)c3ccccc32)CC1)c1cc(Cl)cnc1C(F)F. The number of hydrogen-bond donors (Lipinski definition) is 2. The van der Waals surface area contributed by atoms with E-state index in [9.17, 15) is 18.4 Å². The summed E-state index contributed by atoms with van der Waals surface area (Å²) < 4.78 is 35.7. The molecule has 9 nitrogen and oxygen atoms in total. The lowest BCUT2D eigenvalue weighted by Gasteiger charge is -2.29. The predicted molar refractivity (Wildman–Crippen MR) is 156 cm³/mol. The van der Waals surface area contributed by atoms with E-state index in [0.717, 1.165) is 48.9 Å². The van der Waals surface area contributed by atoms with Gasteiger partial charge in [-0.3, -0.25) is 18.9 Å². The van der Waals surface area contributed by atoms with Crippen LogP contribution in [0.3, 0.4) is 0 Å². The molecule has 12 heteroatoms. The maximum atomic E-state index is 13.7. The molecule has 2 fully saturated rings. The van der Waals surface area contributed by atoms with E-state index in [4.69, 9.17) is 16.3 Å². The number of para-hydroxylation sites is 2. The average Bonchev–Trinajstić information content (AvgIpc) is 3.60. The Morgan fingerprint density at radius 2 is 1.81 bits per heavy atom. The number of imidazole rings is 1. The summed E-state index contributed by atoms with van der Waals surface area (Å²) in [6, 6.07) is 12.8. The number of nitrogens with one attached hydrogen (secondary N) is 2. The number of fused-ring (bicyclic) bond motifs is 1. The van der Waals surface area contributed by atoms with Gasteiger partial charge < -0.3 is 15.4 Å². The average molecular weight is 597 g/mol. The molecule has 4 aromatic rings. The molecular weight excluding hydrogens is 566 g/mol. The lowest BCUT2D eigenvalue weighted by Crippen LogP contribution is -2.39. The van der Waals surface area contributed by atoms with E-state index in [1.807, 2.05) is 41.0 Å². The highest BCUT2D eigenvalue weighted by molar-refractivity contribution is 6.30. The van der Waals surface area contributed by atoms with Crippen LogP contribution in [0.25, 0.3) is 16.7 Å². The van der Waals surface area contributed by atoms with Crippen LogP contribution in [0.1, 0.15) is 54.6 Å². The molecule has 42 heavy (non-hydrogen) atoms. The number of ether oxygens (including phenoxy) is 1. The van der Waals surface area contributed by atoms with E-state index < -0.39 is 18.0 Å². The second-order valence-electron chi connectivity index (χ2n) is 10.9. The number of alkyl halides is 2. The lowest BCUT2D eigenvalue weighted by molar-refractivity contribution is 0.0904. The van der Waals surface area contributed by atoms with Gasteiger partial charge >= 0.3 is 5.69 Å². The zero-order chi connectivity index (χ0) is 29.2. The number of anilines is 1. The van der Waals surface area contributed by atoms with Crippen molar-refractivity contribution in [3.05, 3.63) is 81.6 Å². The summed E-state index contributed by atoms with van der Waals surface area (Å²) in [5.41, 5.74) is 1.42. The van der Waals surface area contributed by atoms with Gasteiger partial charge in [-0.15, -0.1) is 0 Å². The van der Waals surface area contributed by atoms with Crippen molar-refractivity contribution in [1.82, 2.24) is 24.4 Å². The highest BCUT2D eigenvalue weighted by atomic mass is 35.5. The van der Waals surface area contributed by atoms with Gasteiger partial charge in [0.15, 0.2) is 0 Å². The summed E-state index contributed by atoms with van der Waals surface area (Å²) in [4.78, 5) is 34.7. The van der Waals surface area contributed by atoms with E-state index in [2.05, 4.69) is 20.6 Å². The number of aromatic nitrogens is 4. The molecule has 2 aliphatic rings. The number of hydrogen-bond acceptors (Lipinski definition) is 6. The number of nitrogens with zero attached hydrogens (tertiary/aromatic N) is 4. The first-order valence-electron chi connectivity index (χ1n) is 14.1. The van der Waals surface area contributed by atoms with Gasteiger partial charge in [0.05, 0.1) is 46.2 Å². The predicted octanol–water partition coefficient (Wildman–Crippen LogP) is 5.36. The van der Waals surface area contributed by atoms with Gasteiger partial charge in [-0.05, 0) is 68.4 Å². The van der Waals surface area contributed by atoms with E-state index in [0.29, 0.717) is 31.7 Å². The minimum atomic E-state index is -2.88. The lowest BCUT2D eigenvalue weighted by atomic mass is 9.85. The molecule has 220 valence electrons. The van der Waals surface area contributed by atoms with Gasteiger partial charge in [-0.1, -0.05) is 23.7 Å². The monoisotopic (exact) mass is 596 g/mol. The van der Waals surface area contributed by atoms with Gasteiger partial charge in [-0.25, -0.2) is 18.6 Å². The van der Waals surface area contributed by atoms with Gasteiger partial charge in [0, 0.05) is 25.4 Å². The van der Waals surface area contributed by atoms with E-state index in [-0.39, 0.29) is 34.3 Å². The Kier molecular flexibility index (Phi) is 8.21. The molecule has 4 heterocycles. The summed E-state index contributed by atoms with van der Waals surface area (Å²) in [6.07, 6.45) is 3.77. The van der Waals surface area contributed by atoms with E-state index in [1.165, 1.54) is 6.07 Å². The summed E-state index contributed by atoms with van der Waals surface area (Å²) in [5.74, 6) is 0.360. The van der Waals surface area contributed by atoms with Crippen LogP contribution < -0.4 is 16.3 Å². The third-order valence-corrected chi connectivity index (χ3v) is 8.29. The molecule has 1 saturated heterocycles. The van der Waals surface area contributed by atoms with Crippen LogP contribution in [-0.4, -0.2) is 50.3 Å². The van der Waals surface area contributed by atoms with Crippen molar-refractivity contribution in [2.45, 2.75) is 57.2 Å². The van der Waals surface area contributed by atoms with Crippen LogP contribution in [-0.2, 0) is 11.3 Å². The quantitative estimate of drug-likeness (QED) is 0.284. The normalized spacial score (nSPS) is 20.7. The summed E-state index contributed by atoms with van der Waals surface area (Å²) in [6.45, 7) is 1.93. The largest absolute Gasteiger partial charge is 0.379 e. The fourth-order valence-electron chi connectivity index (χ4n) is 5.91. The molecule has 1 saturated carbocycles. The standard InChI is InChI=1S/C30H31ClF2N6O3/c31-19-13-23(27(28(32)33)35-14-19)29(40)37-20-7-5-18(6-8-20)16-38-24-3-1-2-4-25(24)39(30(38)41)22-9-10-26(34-15-22)36-21-11-12-42-17-21/h1-4,9-10,13-15,18,20-21,28H,5-8,11-12,16-17H2,(H,34,36)(H,37,40)/t18-,20-,21-/m1/s1. The van der Waals surface area contributed by atoms with Crippen LogP contribution in [0.4, 0.5) is 14.6 Å². The Morgan fingerprint density at radius 3 is 2.50 bits per heavy atom. The number of amides is 1. The van der Waals surface area contributed by atoms with Crippen molar-refractivity contribution in [2.75, 3.05) is 18.5 Å². The third-order valence-electron chi connectivity index (χ3n) is 8.08. The summed E-state index contributed by atoms with van der Waals surface area (Å²) in [7, 11) is 0. The van der Waals surface area contributed by atoms with Crippen LogP contribution in [0.2, 0.25) is 5.02 Å². The Bertz CT molecular complexity index is 1630. The van der Waals surface area contributed by atoms with Crippen LogP contribution in [0.15, 0.2) is 59.7 Å². The number of carbonyl (C=O) groups excluding carboxylic acids is 1. The molecule has 2 N–H and O–H groups in total. The summed E-state index contributed by atoms with van der Waals surface area (Å²) >= 11 is 5.91. The number of halogens is 3. The van der Waals surface area contributed by atoms with Crippen molar-refractivity contribution in [3.8, 4) is 5.69 Å². The minimum absolute atomic E-state index is 0.125. The van der Waals surface area contributed by atoms with Gasteiger partial charge in [0.25, 0.3) is 12.3 Å². The molecule has 0 bridgehead atoms. The molecule has 1 atom stereocenters. The first-order chi connectivity index (χ1) is 20.4. The molecule has 3 aromatic heterocycles. The van der Waals surface area contributed by atoms with Crippen molar-refractivity contribution < 1.29 is 18.3 Å². The maximum Gasteiger partial charge on any atom is 0.333 e. The topological polar surface area (TPSA) is 103 Å². The zero-order valence-corrected chi connectivity index (χ0v) is 23.6. The number of benzene rings is 1. The summed E-state index contributed by atoms with van der Waals surface area (Å²) in [5, 5.41) is 6.37. The molecule has 1 aromatic carbocycles. The van der Waals surface area contributed by atoms with E-state index >= 15 is 0 Å². The van der Waals surface area contributed by atoms with Crippen molar-refractivity contribution in [1.29, 1.82) is 0 Å². The molecule has 1 amide bonds.